The molecule has 2 N–H and O–H groups in total. The van der Waals surface area contributed by atoms with Crippen molar-refractivity contribution in [2.45, 2.75) is 32.4 Å². The molecule has 17 heavy (non-hydrogen) atoms. The SMILES string of the molecule is Cc1cc(Cl)ccc1CN1CCC(N)CC1.Cl. The molecule has 1 fully saturated rings. The Morgan fingerprint density at radius 3 is 2.59 bits per heavy atom. The van der Waals surface area contributed by atoms with Crippen LogP contribution >= 0.6 is 24.0 Å². The second-order valence-corrected chi connectivity index (χ2v) is 5.12. The predicted octanol–water partition coefficient (Wildman–Crippen LogP) is 2.99. The van der Waals surface area contributed by atoms with Gasteiger partial charge in [0.05, 0.1) is 0 Å². The van der Waals surface area contributed by atoms with E-state index in [2.05, 4.69) is 17.9 Å². The van der Waals surface area contributed by atoms with Crippen molar-refractivity contribution in [2.24, 2.45) is 5.73 Å². The first-order chi connectivity index (χ1) is 7.65. The van der Waals surface area contributed by atoms with E-state index >= 15 is 0 Å². The Balaban J connectivity index is 0.00000144. The Kier molecular flexibility index (Phi) is 5.74. The summed E-state index contributed by atoms with van der Waals surface area (Å²) >= 11 is 5.95. The van der Waals surface area contributed by atoms with Gasteiger partial charge in [-0.3, -0.25) is 4.90 Å². The van der Waals surface area contributed by atoms with Crippen LogP contribution in [-0.4, -0.2) is 24.0 Å². The number of halogens is 2. The zero-order valence-corrected chi connectivity index (χ0v) is 11.7. The molecule has 0 bridgehead atoms. The third kappa shape index (κ3) is 4.14. The number of hydrogen-bond acceptors (Lipinski definition) is 2. The smallest absolute Gasteiger partial charge is 0.0408 e. The van der Waals surface area contributed by atoms with E-state index in [0.29, 0.717) is 6.04 Å². The Hall–Kier alpha value is -0.280. The quantitative estimate of drug-likeness (QED) is 0.899. The first-order valence-electron chi connectivity index (χ1n) is 5.88. The van der Waals surface area contributed by atoms with Crippen molar-refractivity contribution in [3.63, 3.8) is 0 Å². The van der Waals surface area contributed by atoms with Gasteiger partial charge in [-0.1, -0.05) is 17.7 Å². The van der Waals surface area contributed by atoms with Crippen LogP contribution in [0.15, 0.2) is 18.2 Å². The molecule has 1 heterocycles. The topological polar surface area (TPSA) is 29.3 Å². The molecule has 1 aromatic rings. The first-order valence-corrected chi connectivity index (χ1v) is 6.26. The molecule has 1 saturated heterocycles. The lowest BCUT2D eigenvalue weighted by Gasteiger charge is -2.30. The Bertz CT molecular complexity index is 360. The summed E-state index contributed by atoms with van der Waals surface area (Å²) in [6.07, 6.45) is 2.24. The standard InChI is InChI=1S/C13H19ClN2.ClH/c1-10-8-12(14)3-2-11(10)9-16-6-4-13(15)5-7-16;/h2-3,8,13H,4-7,9,15H2,1H3;1H. The minimum Gasteiger partial charge on any atom is -0.328 e. The van der Waals surface area contributed by atoms with Crippen molar-refractivity contribution >= 4 is 24.0 Å². The second kappa shape index (κ2) is 6.60. The Morgan fingerprint density at radius 1 is 1.35 bits per heavy atom. The second-order valence-electron chi connectivity index (χ2n) is 4.68. The van der Waals surface area contributed by atoms with Crippen LogP contribution in [0.2, 0.25) is 5.02 Å². The molecule has 0 aliphatic carbocycles. The third-order valence-corrected chi connectivity index (χ3v) is 3.57. The van der Waals surface area contributed by atoms with Gasteiger partial charge in [0.15, 0.2) is 0 Å². The van der Waals surface area contributed by atoms with E-state index in [1.807, 2.05) is 12.1 Å². The van der Waals surface area contributed by atoms with Gasteiger partial charge in [-0.05, 0) is 56.1 Å². The molecule has 4 heteroatoms. The van der Waals surface area contributed by atoms with Gasteiger partial charge in [0.1, 0.15) is 0 Å². The van der Waals surface area contributed by atoms with Gasteiger partial charge in [0.25, 0.3) is 0 Å². The van der Waals surface area contributed by atoms with E-state index in [1.165, 1.54) is 11.1 Å². The third-order valence-electron chi connectivity index (χ3n) is 3.33. The highest BCUT2D eigenvalue weighted by Crippen LogP contribution is 2.18. The first kappa shape index (κ1) is 14.8. The van der Waals surface area contributed by atoms with Gasteiger partial charge < -0.3 is 5.73 Å². The molecule has 0 radical (unpaired) electrons. The van der Waals surface area contributed by atoms with Crippen LogP contribution in [0, 0.1) is 6.92 Å². The zero-order chi connectivity index (χ0) is 11.5. The van der Waals surface area contributed by atoms with E-state index in [1.54, 1.807) is 0 Å². The molecule has 96 valence electrons. The highest BCUT2D eigenvalue weighted by molar-refractivity contribution is 6.30. The van der Waals surface area contributed by atoms with Crippen molar-refractivity contribution in [1.82, 2.24) is 4.90 Å². The van der Waals surface area contributed by atoms with Crippen LogP contribution in [0.5, 0.6) is 0 Å². The zero-order valence-electron chi connectivity index (χ0n) is 10.2. The molecule has 2 rings (SSSR count). The van der Waals surface area contributed by atoms with Crippen molar-refractivity contribution in [3.05, 3.63) is 34.3 Å². The van der Waals surface area contributed by atoms with Crippen LogP contribution in [0.4, 0.5) is 0 Å². The van der Waals surface area contributed by atoms with Crippen molar-refractivity contribution in [2.75, 3.05) is 13.1 Å². The lowest BCUT2D eigenvalue weighted by atomic mass is 10.0. The number of nitrogens with zero attached hydrogens (tertiary/aromatic N) is 1. The molecular formula is C13H20Cl2N2. The summed E-state index contributed by atoms with van der Waals surface area (Å²) in [6, 6.07) is 6.54. The van der Waals surface area contributed by atoms with E-state index in [4.69, 9.17) is 17.3 Å². The van der Waals surface area contributed by atoms with Gasteiger partial charge in [-0.2, -0.15) is 0 Å². The summed E-state index contributed by atoms with van der Waals surface area (Å²) in [7, 11) is 0. The molecule has 1 aliphatic rings. The fraction of sp³-hybridized carbons (Fsp3) is 0.538. The van der Waals surface area contributed by atoms with E-state index in [0.717, 1.165) is 37.5 Å². The lowest BCUT2D eigenvalue weighted by molar-refractivity contribution is 0.205. The fourth-order valence-electron chi connectivity index (χ4n) is 2.19. The van der Waals surface area contributed by atoms with Gasteiger partial charge in [-0.15, -0.1) is 12.4 Å². The molecule has 0 saturated carbocycles. The molecular weight excluding hydrogens is 255 g/mol. The summed E-state index contributed by atoms with van der Waals surface area (Å²) in [4.78, 5) is 2.47. The molecule has 1 aromatic carbocycles. The normalized spacial score (nSPS) is 17.8. The van der Waals surface area contributed by atoms with Crippen LogP contribution in [-0.2, 0) is 6.54 Å². The molecule has 1 aliphatic heterocycles. The number of hydrogen-bond donors (Lipinski definition) is 1. The van der Waals surface area contributed by atoms with Crippen LogP contribution in [0.25, 0.3) is 0 Å². The van der Waals surface area contributed by atoms with Gasteiger partial charge in [0, 0.05) is 17.6 Å². The summed E-state index contributed by atoms with van der Waals surface area (Å²) < 4.78 is 0. The average molecular weight is 275 g/mol. The van der Waals surface area contributed by atoms with E-state index in [-0.39, 0.29) is 12.4 Å². The molecule has 0 aromatic heterocycles. The number of nitrogens with two attached hydrogens (primary N) is 1. The summed E-state index contributed by atoms with van der Waals surface area (Å²) in [6.45, 7) is 5.37. The molecule has 2 nitrogen and oxygen atoms in total. The largest absolute Gasteiger partial charge is 0.328 e. The van der Waals surface area contributed by atoms with Crippen molar-refractivity contribution in [3.8, 4) is 0 Å². The maximum absolute atomic E-state index is 5.95. The molecule has 0 spiro atoms. The minimum atomic E-state index is 0. The molecule has 0 unspecified atom stereocenters. The van der Waals surface area contributed by atoms with Gasteiger partial charge in [-0.25, -0.2) is 0 Å². The summed E-state index contributed by atoms with van der Waals surface area (Å²) in [5, 5.41) is 0.821. The monoisotopic (exact) mass is 274 g/mol. The van der Waals surface area contributed by atoms with Crippen LogP contribution < -0.4 is 5.73 Å². The van der Waals surface area contributed by atoms with E-state index < -0.39 is 0 Å². The Labute approximate surface area is 115 Å². The number of benzene rings is 1. The molecule has 0 atom stereocenters. The highest BCUT2D eigenvalue weighted by Gasteiger charge is 2.16. The van der Waals surface area contributed by atoms with Crippen molar-refractivity contribution < 1.29 is 0 Å². The van der Waals surface area contributed by atoms with Gasteiger partial charge in [0.2, 0.25) is 0 Å². The summed E-state index contributed by atoms with van der Waals surface area (Å²) in [5.41, 5.74) is 8.55. The predicted molar refractivity (Wildman–Crippen MR) is 75.9 cm³/mol. The number of aryl methyl sites for hydroxylation is 1. The maximum Gasteiger partial charge on any atom is 0.0408 e. The highest BCUT2D eigenvalue weighted by atomic mass is 35.5. The Morgan fingerprint density at radius 2 is 2.00 bits per heavy atom. The number of rotatable bonds is 2. The average Bonchev–Trinajstić information content (AvgIpc) is 2.25. The summed E-state index contributed by atoms with van der Waals surface area (Å²) in [5.74, 6) is 0. The number of piperidine rings is 1. The molecule has 0 amide bonds. The fourth-order valence-corrected chi connectivity index (χ4v) is 2.42. The minimum absolute atomic E-state index is 0. The maximum atomic E-state index is 5.95. The van der Waals surface area contributed by atoms with Crippen molar-refractivity contribution in [1.29, 1.82) is 0 Å². The number of likely N-dealkylation sites (tertiary alicyclic amines) is 1. The van der Waals surface area contributed by atoms with Crippen LogP contribution in [0.1, 0.15) is 24.0 Å². The van der Waals surface area contributed by atoms with Crippen LogP contribution in [0.3, 0.4) is 0 Å². The van der Waals surface area contributed by atoms with Gasteiger partial charge >= 0.3 is 0 Å². The lowest BCUT2D eigenvalue weighted by Crippen LogP contribution is -2.39. The van der Waals surface area contributed by atoms with E-state index in [9.17, 15) is 0 Å².